The molecule has 1 aromatic heterocycles. The fourth-order valence-corrected chi connectivity index (χ4v) is 3.04. The van der Waals surface area contributed by atoms with Crippen molar-refractivity contribution in [1.29, 1.82) is 0 Å². The van der Waals surface area contributed by atoms with E-state index in [2.05, 4.69) is 10.2 Å². The van der Waals surface area contributed by atoms with Crippen LogP contribution in [-0.2, 0) is 14.2 Å². The lowest BCUT2D eigenvalue weighted by molar-refractivity contribution is -0.145. The topological polar surface area (TPSA) is 90.8 Å². The average Bonchev–Trinajstić information content (AvgIpc) is 3.09. The van der Waals surface area contributed by atoms with Crippen molar-refractivity contribution in [3.05, 3.63) is 28.8 Å². The van der Waals surface area contributed by atoms with Crippen LogP contribution in [0.25, 0.3) is 0 Å². The van der Waals surface area contributed by atoms with E-state index in [9.17, 15) is 9.82 Å². The molecule has 0 spiro atoms. The van der Waals surface area contributed by atoms with Crippen LogP contribution in [0.1, 0.15) is 30.6 Å². The molecule has 1 atom stereocenters. The number of benzene rings is 1. The van der Waals surface area contributed by atoms with Crippen LogP contribution in [0.4, 0.5) is 0 Å². The molecule has 120 valence electrons. The summed E-state index contributed by atoms with van der Waals surface area (Å²) in [5.41, 5.74) is 3.84. The Labute approximate surface area is 137 Å². The van der Waals surface area contributed by atoms with E-state index >= 15 is 0 Å². The zero-order valence-electron chi connectivity index (χ0n) is 12.7. The van der Waals surface area contributed by atoms with Gasteiger partial charge in [-0.05, 0) is 42.6 Å². The molecule has 0 unspecified atom stereocenters. The second-order valence-corrected chi connectivity index (χ2v) is 5.83. The molecular weight excluding hydrogens is 319 g/mol. The van der Waals surface area contributed by atoms with Gasteiger partial charge < -0.3 is 19.2 Å². The summed E-state index contributed by atoms with van der Waals surface area (Å²) < 4.78 is 16.1. The van der Waals surface area contributed by atoms with E-state index < -0.39 is 13.2 Å². The van der Waals surface area contributed by atoms with Crippen LogP contribution in [0.3, 0.4) is 0 Å². The molecule has 23 heavy (non-hydrogen) atoms. The number of carbonyl (C=O) groups is 1. The zero-order chi connectivity index (χ0) is 16.4. The highest BCUT2D eigenvalue weighted by atomic mass is 32.1. The molecule has 0 amide bonds. The van der Waals surface area contributed by atoms with E-state index in [-0.39, 0.29) is 12.4 Å². The van der Waals surface area contributed by atoms with Crippen molar-refractivity contribution in [2.24, 2.45) is 0 Å². The highest BCUT2D eigenvalue weighted by Crippen LogP contribution is 2.33. The Balaban J connectivity index is 1.85. The molecule has 1 aliphatic heterocycles. The molecule has 1 aromatic carbocycles. The van der Waals surface area contributed by atoms with Gasteiger partial charge in [0.05, 0.1) is 19.1 Å². The summed E-state index contributed by atoms with van der Waals surface area (Å²) in [5.74, 6) is 0.184. The molecular formula is C14H15BN2O5S. The number of nitrogens with zero attached hydrogens (tertiary/aromatic N) is 2. The maximum Gasteiger partial charge on any atom is 0.492 e. The fraction of sp³-hybridized carbons (Fsp3) is 0.357. The van der Waals surface area contributed by atoms with Crippen LogP contribution in [-0.4, -0.2) is 34.9 Å². The Morgan fingerprint density at radius 2 is 2.35 bits per heavy atom. The first-order chi connectivity index (χ1) is 11.1. The minimum atomic E-state index is -1.10. The Morgan fingerprint density at radius 1 is 1.52 bits per heavy atom. The summed E-state index contributed by atoms with van der Waals surface area (Å²) in [6.07, 6.45) is -0.454. The number of fused-ring (bicyclic) bond motifs is 1. The third-order valence-corrected chi connectivity index (χ3v) is 4.04. The monoisotopic (exact) mass is 334 g/mol. The highest BCUT2D eigenvalue weighted by Gasteiger charge is 2.38. The summed E-state index contributed by atoms with van der Waals surface area (Å²) in [7, 11) is -1.10. The van der Waals surface area contributed by atoms with Gasteiger partial charge in [-0.2, -0.15) is 0 Å². The smallest absolute Gasteiger partial charge is 0.466 e. The molecule has 7 nitrogen and oxygen atoms in total. The predicted molar refractivity (Wildman–Crippen MR) is 83.8 cm³/mol. The SMILES string of the molecule is CCOC(=O)C[C@@H]1OB(O)c2cc(Oc3nncs3)cc(C)c21. The summed E-state index contributed by atoms with van der Waals surface area (Å²) in [6.45, 7) is 3.94. The Hall–Kier alpha value is -1.97. The molecule has 0 fully saturated rings. The first-order valence-electron chi connectivity index (χ1n) is 7.16. The first kappa shape index (κ1) is 15.9. The number of aryl methyl sites for hydroxylation is 1. The lowest BCUT2D eigenvalue weighted by Crippen LogP contribution is -2.28. The molecule has 0 saturated carbocycles. The molecule has 2 aromatic rings. The number of esters is 1. The molecule has 0 aliphatic carbocycles. The third-order valence-electron chi connectivity index (χ3n) is 3.48. The average molecular weight is 334 g/mol. The van der Waals surface area contributed by atoms with E-state index in [0.29, 0.717) is 23.0 Å². The minimum absolute atomic E-state index is 0.0648. The van der Waals surface area contributed by atoms with Gasteiger partial charge >= 0.3 is 13.1 Å². The van der Waals surface area contributed by atoms with E-state index in [0.717, 1.165) is 11.1 Å². The number of hydrogen-bond donors (Lipinski definition) is 1. The van der Waals surface area contributed by atoms with Gasteiger partial charge in [0.25, 0.3) is 5.19 Å². The van der Waals surface area contributed by atoms with Gasteiger partial charge in [-0.15, -0.1) is 5.10 Å². The van der Waals surface area contributed by atoms with Crippen molar-refractivity contribution in [3.63, 3.8) is 0 Å². The van der Waals surface area contributed by atoms with Gasteiger partial charge in [0.2, 0.25) is 0 Å². The van der Waals surface area contributed by atoms with E-state index in [1.165, 1.54) is 11.3 Å². The van der Waals surface area contributed by atoms with E-state index in [4.69, 9.17) is 14.1 Å². The number of carbonyl (C=O) groups excluding carboxylic acids is 1. The van der Waals surface area contributed by atoms with Crippen LogP contribution in [0.15, 0.2) is 17.6 Å². The second kappa shape index (κ2) is 6.65. The number of aromatic nitrogens is 2. The fourth-order valence-electron chi connectivity index (χ4n) is 2.62. The largest absolute Gasteiger partial charge is 0.492 e. The van der Waals surface area contributed by atoms with Crippen LogP contribution in [0.5, 0.6) is 10.9 Å². The number of rotatable bonds is 5. The lowest BCUT2D eigenvalue weighted by Gasteiger charge is -2.14. The van der Waals surface area contributed by atoms with Crippen LogP contribution in [0.2, 0.25) is 0 Å². The Kier molecular flexibility index (Phi) is 4.60. The maximum absolute atomic E-state index is 11.7. The van der Waals surface area contributed by atoms with Crippen molar-refractivity contribution >= 4 is 29.9 Å². The van der Waals surface area contributed by atoms with Crippen molar-refractivity contribution < 1.29 is 23.9 Å². The van der Waals surface area contributed by atoms with Crippen LogP contribution < -0.4 is 10.2 Å². The van der Waals surface area contributed by atoms with Gasteiger partial charge in [0, 0.05) is 0 Å². The molecule has 2 heterocycles. The standard InChI is InChI=1S/C14H15BN2O5S/c1-3-20-12(18)6-11-13-8(2)4-9(5-10(13)15(19)22-11)21-14-17-16-7-23-14/h4-5,7,11,19H,3,6H2,1-2H3/t11-/m0/s1. The summed E-state index contributed by atoms with van der Waals surface area (Å²) in [5, 5.41) is 18.1. The van der Waals surface area contributed by atoms with E-state index in [1.807, 2.05) is 13.0 Å². The molecule has 0 radical (unpaired) electrons. The van der Waals surface area contributed by atoms with Gasteiger partial charge in [-0.3, -0.25) is 4.79 Å². The van der Waals surface area contributed by atoms with Gasteiger partial charge in [0.15, 0.2) is 0 Å². The van der Waals surface area contributed by atoms with Gasteiger partial charge in [0.1, 0.15) is 11.3 Å². The summed E-state index contributed by atoms with van der Waals surface area (Å²) >= 11 is 1.27. The van der Waals surface area contributed by atoms with Crippen molar-refractivity contribution in [3.8, 4) is 10.9 Å². The van der Waals surface area contributed by atoms with Crippen molar-refractivity contribution in [2.45, 2.75) is 26.4 Å². The molecule has 3 rings (SSSR count). The number of hydrogen-bond acceptors (Lipinski definition) is 8. The minimum Gasteiger partial charge on any atom is -0.466 e. The molecule has 9 heteroatoms. The molecule has 0 bridgehead atoms. The zero-order valence-corrected chi connectivity index (χ0v) is 13.5. The predicted octanol–water partition coefficient (Wildman–Crippen LogP) is 1.35. The third kappa shape index (κ3) is 3.36. The van der Waals surface area contributed by atoms with E-state index in [1.54, 1.807) is 18.5 Å². The number of ether oxygens (including phenoxy) is 2. The maximum atomic E-state index is 11.7. The molecule has 1 N–H and O–H groups in total. The second-order valence-electron chi connectivity index (χ2n) is 5.04. The van der Waals surface area contributed by atoms with Crippen LogP contribution >= 0.6 is 11.3 Å². The quantitative estimate of drug-likeness (QED) is 0.652. The summed E-state index contributed by atoms with van der Waals surface area (Å²) in [6, 6.07) is 3.51. The first-order valence-corrected chi connectivity index (χ1v) is 8.04. The molecule has 1 aliphatic rings. The summed E-state index contributed by atoms with van der Waals surface area (Å²) in [4.78, 5) is 11.7. The van der Waals surface area contributed by atoms with Crippen LogP contribution in [0, 0.1) is 6.92 Å². The Bertz CT molecular complexity index is 709. The lowest BCUT2D eigenvalue weighted by atomic mass is 9.77. The molecule has 0 saturated heterocycles. The Morgan fingerprint density at radius 3 is 3.04 bits per heavy atom. The van der Waals surface area contributed by atoms with Gasteiger partial charge in [-0.25, -0.2) is 0 Å². The normalized spacial score (nSPS) is 16.3. The van der Waals surface area contributed by atoms with Crippen molar-refractivity contribution in [1.82, 2.24) is 10.2 Å². The van der Waals surface area contributed by atoms with Gasteiger partial charge in [-0.1, -0.05) is 16.4 Å². The highest BCUT2D eigenvalue weighted by molar-refractivity contribution is 7.11. The van der Waals surface area contributed by atoms with Crippen molar-refractivity contribution in [2.75, 3.05) is 6.61 Å².